The molecule has 1 aromatic carbocycles. The predicted molar refractivity (Wildman–Crippen MR) is 104 cm³/mol. The summed E-state index contributed by atoms with van der Waals surface area (Å²) in [5.41, 5.74) is 0.127. The SMILES string of the molecule is CCCC(=O)NC[C@H]1CN(c2cc(F)c(N3C4CCC3SC4)c(F)c2)C(=O)O1. The van der Waals surface area contributed by atoms with Crippen molar-refractivity contribution < 1.29 is 23.1 Å². The molecule has 1 N–H and O–H groups in total. The van der Waals surface area contributed by atoms with E-state index in [0.717, 1.165) is 25.0 Å². The summed E-state index contributed by atoms with van der Waals surface area (Å²) in [5.74, 6) is -0.560. The Hall–Kier alpha value is -2.03. The number of hydrogen-bond donors (Lipinski definition) is 1. The van der Waals surface area contributed by atoms with Crippen molar-refractivity contribution in [2.75, 3.05) is 28.6 Å². The molecule has 3 fully saturated rings. The van der Waals surface area contributed by atoms with Gasteiger partial charge in [0.25, 0.3) is 0 Å². The van der Waals surface area contributed by atoms with E-state index in [9.17, 15) is 18.4 Å². The lowest BCUT2D eigenvalue weighted by molar-refractivity contribution is -0.121. The van der Waals surface area contributed by atoms with Crippen LogP contribution >= 0.6 is 11.8 Å². The van der Waals surface area contributed by atoms with E-state index in [-0.39, 0.29) is 41.8 Å². The third-order valence-corrected chi connectivity index (χ3v) is 6.81. The minimum Gasteiger partial charge on any atom is -0.442 e. The van der Waals surface area contributed by atoms with Crippen LogP contribution in [-0.4, -0.2) is 48.4 Å². The fraction of sp³-hybridized carbons (Fsp3) is 0.579. The molecule has 0 saturated carbocycles. The highest BCUT2D eigenvalue weighted by Gasteiger charge is 2.43. The summed E-state index contributed by atoms with van der Waals surface area (Å²) >= 11 is 1.73. The first-order chi connectivity index (χ1) is 13.5. The van der Waals surface area contributed by atoms with E-state index in [1.807, 2.05) is 11.8 Å². The van der Waals surface area contributed by atoms with Crippen LogP contribution in [0.5, 0.6) is 0 Å². The lowest BCUT2D eigenvalue weighted by Crippen LogP contribution is -2.34. The number of carbonyl (C=O) groups is 2. The molecule has 3 aliphatic heterocycles. The molecule has 9 heteroatoms. The second-order valence-corrected chi connectivity index (χ2v) is 8.57. The third kappa shape index (κ3) is 3.52. The molecule has 0 aliphatic carbocycles. The van der Waals surface area contributed by atoms with Gasteiger partial charge in [-0.3, -0.25) is 9.69 Å². The molecule has 2 unspecified atom stereocenters. The number of anilines is 2. The largest absolute Gasteiger partial charge is 0.442 e. The summed E-state index contributed by atoms with van der Waals surface area (Å²) in [6.07, 6.45) is 1.79. The zero-order valence-corrected chi connectivity index (χ0v) is 16.4. The number of nitrogens with zero attached hydrogens (tertiary/aromatic N) is 2. The number of cyclic esters (lactones) is 1. The average molecular weight is 411 g/mol. The van der Waals surface area contributed by atoms with Gasteiger partial charge < -0.3 is 15.0 Å². The molecule has 0 aromatic heterocycles. The van der Waals surface area contributed by atoms with Crippen LogP contribution in [0.2, 0.25) is 0 Å². The van der Waals surface area contributed by atoms with E-state index >= 15 is 0 Å². The highest BCUT2D eigenvalue weighted by atomic mass is 32.2. The first-order valence-corrected chi connectivity index (χ1v) is 10.7. The van der Waals surface area contributed by atoms with Crippen molar-refractivity contribution in [2.24, 2.45) is 0 Å². The number of rotatable bonds is 6. The van der Waals surface area contributed by atoms with E-state index in [2.05, 4.69) is 5.32 Å². The molecule has 0 spiro atoms. The van der Waals surface area contributed by atoms with Crippen molar-refractivity contribution in [1.82, 2.24) is 5.32 Å². The number of thioether (sulfide) groups is 1. The van der Waals surface area contributed by atoms with Crippen LogP contribution in [0.15, 0.2) is 12.1 Å². The molecule has 2 bridgehead atoms. The molecule has 28 heavy (non-hydrogen) atoms. The van der Waals surface area contributed by atoms with Crippen molar-refractivity contribution in [3.05, 3.63) is 23.8 Å². The Labute approximate surface area is 166 Å². The summed E-state index contributed by atoms with van der Waals surface area (Å²) in [7, 11) is 0. The van der Waals surface area contributed by atoms with E-state index in [1.54, 1.807) is 11.8 Å². The van der Waals surface area contributed by atoms with Gasteiger partial charge in [0.2, 0.25) is 5.91 Å². The molecule has 0 radical (unpaired) electrons. The minimum atomic E-state index is -0.668. The normalized spacial score (nSPS) is 26.1. The molecule has 2 amide bonds. The Morgan fingerprint density at radius 3 is 2.64 bits per heavy atom. The summed E-state index contributed by atoms with van der Waals surface area (Å²) in [6.45, 7) is 2.21. The third-order valence-electron chi connectivity index (χ3n) is 5.38. The predicted octanol–water partition coefficient (Wildman–Crippen LogP) is 3.25. The number of nitrogens with one attached hydrogen (secondary N) is 1. The fourth-order valence-electron chi connectivity index (χ4n) is 4.06. The molecule has 3 saturated heterocycles. The number of benzene rings is 1. The zero-order valence-electron chi connectivity index (χ0n) is 15.6. The van der Waals surface area contributed by atoms with E-state index in [0.29, 0.717) is 6.42 Å². The van der Waals surface area contributed by atoms with Gasteiger partial charge in [-0.15, -0.1) is 11.8 Å². The lowest BCUT2D eigenvalue weighted by Gasteiger charge is -2.25. The van der Waals surface area contributed by atoms with Crippen LogP contribution < -0.4 is 15.1 Å². The lowest BCUT2D eigenvalue weighted by atomic mass is 10.2. The minimum absolute atomic E-state index is 0.00260. The number of carbonyl (C=O) groups excluding carboxylic acids is 2. The molecular weight excluding hydrogens is 388 g/mol. The summed E-state index contributed by atoms with van der Waals surface area (Å²) < 4.78 is 34.9. The average Bonchev–Trinajstić information content (AvgIpc) is 3.34. The maximum Gasteiger partial charge on any atom is 0.414 e. The van der Waals surface area contributed by atoms with Crippen LogP contribution in [0, 0.1) is 11.6 Å². The van der Waals surface area contributed by atoms with E-state index < -0.39 is 23.8 Å². The standard InChI is InChI=1S/C19H23F2N3O3S/c1-2-3-16(25)22-8-13-9-23(19(26)27-13)12-6-14(20)18(15(21)7-12)24-11-4-5-17(24)28-10-11/h6-7,11,13,17H,2-5,8-10H2,1H3,(H,22,25)/t11?,13-,17?/m0/s1. The van der Waals surface area contributed by atoms with Gasteiger partial charge in [-0.1, -0.05) is 6.92 Å². The maximum absolute atomic E-state index is 14.8. The molecule has 1 aromatic rings. The quantitative estimate of drug-likeness (QED) is 0.779. The zero-order chi connectivity index (χ0) is 19.8. The van der Waals surface area contributed by atoms with Crippen LogP contribution in [0.4, 0.5) is 25.0 Å². The fourth-order valence-corrected chi connectivity index (χ4v) is 5.57. The van der Waals surface area contributed by atoms with Crippen molar-refractivity contribution in [3.8, 4) is 0 Å². The first kappa shape index (κ1) is 19.3. The monoisotopic (exact) mass is 411 g/mol. The second kappa shape index (κ2) is 7.77. The Morgan fingerprint density at radius 1 is 1.32 bits per heavy atom. The highest BCUT2D eigenvalue weighted by Crippen LogP contribution is 2.46. The molecule has 3 atom stereocenters. The molecule has 3 aliphatic rings. The number of amides is 2. The van der Waals surface area contributed by atoms with Crippen LogP contribution in [0.3, 0.4) is 0 Å². The molecule has 6 nitrogen and oxygen atoms in total. The van der Waals surface area contributed by atoms with Crippen LogP contribution in [-0.2, 0) is 9.53 Å². The molecular formula is C19H23F2N3O3S. The number of fused-ring (bicyclic) bond motifs is 2. The van der Waals surface area contributed by atoms with Gasteiger partial charge >= 0.3 is 6.09 Å². The van der Waals surface area contributed by atoms with Gasteiger partial charge in [0, 0.05) is 30.3 Å². The Bertz CT molecular complexity index is 751. The summed E-state index contributed by atoms with van der Waals surface area (Å²) in [5, 5.41) is 2.82. The second-order valence-electron chi connectivity index (χ2n) is 7.35. The maximum atomic E-state index is 14.8. The first-order valence-electron chi connectivity index (χ1n) is 9.61. The molecule has 152 valence electrons. The van der Waals surface area contributed by atoms with Gasteiger partial charge in [-0.2, -0.15) is 0 Å². The highest BCUT2D eigenvalue weighted by molar-refractivity contribution is 8.00. The molecule has 3 heterocycles. The number of hydrogen-bond acceptors (Lipinski definition) is 5. The van der Waals surface area contributed by atoms with Crippen LogP contribution in [0.25, 0.3) is 0 Å². The van der Waals surface area contributed by atoms with Crippen molar-refractivity contribution in [2.45, 2.75) is 50.1 Å². The smallest absolute Gasteiger partial charge is 0.414 e. The van der Waals surface area contributed by atoms with Gasteiger partial charge in [0.1, 0.15) is 11.8 Å². The van der Waals surface area contributed by atoms with Crippen molar-refractivity contribution in [3.63, 3.8) is 0 Å². The van der Waals surface area contributed by atoms with E-state index in [1.165, 1.54) is 17.0 Å². The van der Waals surface area contributed by atoms with Crippen molar-refractivity contribution >= 4 is 35.1 Å². The van der Waals surface area contributed by atoms with E-state index in [4.69, 9.17) is 4.74 Å². The van der Waals surface area contributed by atoms with Gasteiger partial charge in [0.05, 0.1) is 24.2 Å². The topological polar surface area (TPSA) is 61.9 Å². The summed E-state index contributed by atoms with van der Waals surface area (Å²) in [6, 6.07) is 2.55. The summed E-state index contributed by atoms with van der Waals surface area (Å²) in [4.78, 5) is 26.8. The Morgan fingerprint density at radius 2 is 2.07 bits per heavy atom. The number of halogens is 2. The Balaban J connectivity index is 1.47. The molecule has 4 rings (SSSR count). The van der Waals surface area contributed by atoms with Gasteiger partial charge in [0.15, 0.2) is 11.6 Å². The number of ether oxygens (including phenoxy) is 1. The van der Waals surface area contributed by atoms with Crippen molar-refractivity contribution in [1.29, 1.82) is 0 Å². The van der Waals surface area contributed by atoms with Gasteiger partial charge in [-0.25, -0.2) is 13.6 Å². The van der Waals surface area contributed by atoms with Gasteiger partial charge in [-0.05, 0) is 19.3 Å². The van der Waals surface area contributed by atoms with Crippen LogP contribution in [0.1, 0.15) is 32.6 Å². The Kier molecular flexibility index (Phi) is 5.35.